The lowest BCUT2D eigenvalue weighted by Gasteiger charge is -2.28. The Morgan fingerprint density at radius 1 is 1.10 bits per heavy atom. The van der Waals surface area contributed by atoms with Crippen LogP contribution in [0.5, 0.6) is 11.5 Å². The van der Waals surface area contributed by atoms with Crippen LogP contribution in [0.15, 0.2) is 82.9 Å². The largest absolute Gasteiger partial charge is 0.494 e. The van der Waals surface area contributed by atoms with Crippen LogP contribution >= 0.6 is 0 Å². The first kappa shape index (κ1) is 29.5. The van der Waals surface area contributed by atoms with E-state index in [2.05, 4.69) is 15.3 Å². The molecule has 0 saturated carbocycles. The summed E-state index contributed by atoms with van der Waals surface area (Å²) >= 11 is 0. The Bertz CT molecular complexity index is 1400. The minimum atomic E-state index is -1.30. The first-order valence-electron chi connectivity index (χ1n) is 13.7. The number of carbonyl (C=O) groups is 1. The summed E-state index contributed by atoms with van der Waals surface area (Å²) < 4.78 is 17.6. The van der Waals surface area contributed by atoms with Crippen molar-refractivity contribution in [2.45, 2.75) is 44.8 Å². The number of aliphatic imine (C=N–C) groups is 1. The minimum Gasteiger partial charge on any atom is -0.494 e. The maximum absolute atomic E-state index is 14.0. The zero-order chi connectivity index (χ0) is 29.1. The SMILES string of the molecule is CCOc1ccccc1CCNC(=O)[C@]1(Cc2ccccc2N=[N+]=[N-])N=C(c2ccc(OCCCO)cc2)O[C@@H]1C. The van der Waals surface area contributed by atoms with E-state index in [4.69, 9.17) is 29.8 Å². The van der Waals surface area contributed by atoms with Gasteiger partial charge in [-0.25, -0.2) is 4.99 Å². The quantitative estimate of drug-likeness (QED) is 0.120. The molecule has 0 saturated heterocycles. The fraction of sp³-hybridized carbons (Fsp3) is 0.355. The molecule has 0 radical (unpaired) electrons. The van der Waals surface area contributed by atoms with Crippen molar-refractivity contribution in [3.05, 3.63) is 99.9 Å². The van der Waals surface area contributed by atoms with Crippen LogP contribution in [0.4, 0.5) is 5.69 Å². The smallest absolute Gasteiger partial charge is 0.252 e. The van der Waals surface area contributed by atoms with Crippen molar-refractivity contribution in [3.8, 4) is 11.5 Å². The normalized spacial score (nSPS) is 17.6. The first-order valence-corrected chi connectivity index (χ1v) is 13.7. The number of hydrogen-bond donors (Lipinski definition) is 2. The number of benzene rings is 3. The van der Waals surface area contributed by atoms with E-state index in [0.29, 0.717) is 61.1 Å². The van der Waals surface area contributed by atoms with Crippen LogP contribution in [0.1, 0.15) is 37.0 Å². The molecule has 10 heteroatoms. The fourth-order valence-corrected chi connectivity index (χ4v) is 4.71. The van der Waals surface area contributed by atoms with E-state index in [1.165, 1.54) is 0 Å². The number of aliphatic hydroxyl groups is 1. The highest BCUT2D eigenvalue weighted by atomic mass is 16.5. The Morgan fingerprint density at radius 2 is 1.83 bits per heavy atom. The fourth-order valence-electron chi connectivity index (χ4n) is 4.71. The van der Waals surface area contributed by atoms with Crippen LogP contribution in [0.2, 0.25) is 0 Å². The molecular weight excluding hydrogens is 522 g/mol. The van der Waals surface area contributed by atoms with E-state index in [-0.39, 0.29) is 18.9 Å². The van der Waals surface area contributed by atoms with Crippen LogP contribution in [-0.4, -0.2) is 54.9 Å². The van der Waals surface area contributed by atoms with Crippen LogP contribution in [0.3, 0.4) is 0 Å². The molecule has 0 unspecified atom stereocenters. The lowest BCUT2D eigenvalue weighted by atomic mass is 9.85. The number of aliphatic hydroxyl groups excluding tert-OH is 1. The van der Waals surface area contributed by atoms with Crippen LogP contribution in [0, 0.1) is 0 Å². The summed E-state index contributed by atoms with van der Waals surface area (Å²) in [6.45, 7) is 5.16. The van der Waals surface area contributed by atoms with Gasteiger partial charge in [-0.15, -0.1) is 0 Å². The summed E-state index contributed by atoms with van der Waals surface area (Å²) in [4.78, 5) is 21.8. The summed E-state index contributed by atoms with van der Waals surface area (Å²) in [6.07, 6.45) is 0.696. The highest BCUT2D eigenvalue weighted by Crippen LogP contribution is 2.35. The number of hydrogen-bond acceptors (Lipinski definition) is 7. The van der Waals surface area contributed by atoms with Gasteiger partial charge in [0.1, 0.15) is 17.6 Å². The molecule has 3 aromatic rings. The van der Waals surface area contributed by atoms with Crippen LogP contribution in [-0.2, 0) is 22.4 Å². The third-order valence-electron chi connectivity index (χ3n) is 6.88. The van der Waals surface area contributed by atoms with Gasteiger partial charge in [0, 0.05) is 42.2 Å². The molecule has 2 atom stereocenters. The number of ether oxygens (including phenoxy) is 3. The predicted molar refractivity (Wildman–Crippen MR) is 157 cm³/mol. The van der Waals surface area contributed by atoms with Crippen molar-refractivity contribution >= 4 is 17.5 Å². The third-order valence-corrected chi connectivity index (χ3v) is 6.88. The standard InChI is InChI=1S/C31H35N5O5/c1-3-39-28-12-7-5-9-23(28)17-18-33-30(38)31(21-25-10-4-6-11-27(25)35-36-32)22(2)41-29(34-31)24-13-15-26(16-14-24)40-20-8-19-37/h4-7,9-16,22,37H,3,8,17-21H2,1-2H3,(H,33,38)/t22-,31-/m1/s1. The van der Waals surface area contributed by atoms with Gasteiger partial charge in [-0.2, -0.15) is 0 Å². The third kappa shape index (κ3) is 7.16. The van der Waals surface area contributed by atoms with E-state index in [1.54, 1.807) is 24.3 Å². The molecular formula is C31H35N5O5. The molecule has 4 rings (SSSR count). The van der Waals surface area contributed by atoms with Crippen molar-refractivity contribution in [1.82, 2.24) is 5.32 Å². The molecule has 1 heterocycles. The van der Waals surface area contributed by atoms with E-state index >= 15 is 0 Å². The molecule has 1 amide bonds. The van der Waals surface area contributed by atoms with E-state index in [9.17, 15) is 4.79 Å². The Labute approximate surface area is 239 Å². The number of azide groups is 1. The van der Waals surface area contributed by atoms with Crippen molar-refractivity contribution in [2.24, 2.45) is 10.1 Å². The molecule has 0 aromatic heterocycles. The summed E-state index contributed by atoms with van der Waals surface area (Å²) in [5.41, 5.74) is 10.6. The van der Waals surface area contributed by atoms with Gasteiger partial charge in [0.15, 0.2) is 5.54 Å². The molecule has 0 spiro atoms. The number of para-hydroxylation sites is 1. The Kier molecular flexibility index (Phi) is 10.2. The van der Waals surface area contributed by atoms with Gasteiger partial charge in [0.25, 0.3) is 5.91 Å². The van der Waals surface area contributed by atoms with Gasteiger partial charge in [-0.3, -0.25) is 4.79 Å². The average molecular weight is 558 g/mol. The molecule has 2 N–H and O–H groups in total. The second-order valence-corrected chi connectivity index (χ2v) is 9.59. The summed E-state index contributed by atoms with van der Waals surface area (Å²) in [7, 11) is 0. The van der Waals surface area contributed by atoms with Crippen molar-refractivity contribution in [2.75, 3.05) is 26.4 Å². The number of nitrogens with one attached hydrogen (secondary N) is 1. The first-order chi connectivity index (χ1) is 20.0. The Balaban J connectivity index is 1.61. The zero-order valence-corrected chi connectivity index (χ0v) is 23.3. The van der Waals surface area contributed by atoms with Gasteiger partial charge in [0.2, 0.25) is 5.90 Å². The Morgan fingerprint density at radius 3 is 2.56 bits per heavy atom. The van der Waals surface area contributed by atoms with Crippen molar-refractivity contribution in [1.29, 1.82) is 0 Å². The summed E-state index contributed by atoms with van der Waals surface area (Å²) in [5, 5.41) is 15.9. The number of rotatable bonds is 14. The van der Waals surface area contributed by atoms with Gasteiger partial charge in [-0.1, -0.05) is 47.6 Å². The van der Waals surface area contributed by atoms with Crippen LogP contribution < -0.4 is 14.8 Å². The maximum atomic E-state index is 14.0. The number of nitrogens with zero attached hydrogens (tertiary/aromatic N) is 4. The highest BCUT2D eigenvalue weighted by Gasteiger charge is 2.50. The zero-order valence-electron chi connectivity index (χ0n) is 23.3. The molecule has 0 bridgehead atoms. The summed E-state index contributed by atoms with van der Waals surface area (Å²) in [5.74, 6) is 1.52. The maximum Gasteiger partial charge on any atom is 0.252 e. The number of carbonyl (C=O) groups excluding carboxylic acids is 1. The predicted octanol–water partition coefficient (Wildman–Crippen LogP) is 5.29. The van der Waals surface area contributed by atoms with Gasteiger partial charge < -0.3 is 24.6 Å². The molecule has 0 fully saturated rings. The molecule has 3 aromatic carbocycles. The van der Waals surface area contributed by atoms with Gasteiger partial charge in [-0.05, 0) is 67.3 Å². The second kappa shape index (κ2) is 14.2. The monoisotopic (exact) mass is 557 g/mol. The van der Waals surface area contributed by atoms with Gasteiger partial charge in [0.05, 0.1) is 13.2 Å². The molecule has 214 valence electrons. The van der Waals surface area contributed by atoms with Crippen molar-refractivity contribution in [3.63, 3.8) is 0 Å². The van der Waals surface area contributed by atoms with E-state index < -0.39 is 11.6 Å². The molecule has 1 aliphatic rings. The van der Waals surface area contributed by atoms with Crippen molar-refractivity contribution < 1.29 is 24.1 Å². The summed E-state index contributed by atoms with van der Waals surface area (Å²) in [6, 6.07) is 22.2. The Hall–Kier alpha value is -4.53. The van der Waals surface area contributed by atoms with Gasteiger partial charge >= 0.3 is 0 Å². The number of amides is 1. The topological polar surface area (TPSA) is 138 Å². The molecule has 1 aliphatic heterocycles. The molecule has 10 nitrogen and oxygen atoms in total. The van der Waals surface area contributed by atoms with E-state index in [0.717, 1.165) is 11.3 Å². The minimum absolute atomic E-state index is 0.0621. The van der Waals surface area contributed by atoms with E-state index in [1.807, 2.05) is 62.4 Å². The highest BCUT2D eigenvalue weighted by molar-refractivity contribution is 6.01. The molecule has 41 heavy (non-hydrogen) atoms. The average Bonchev–Trinajstić information content (AvgIpc) is 3.32. The lowest BCUT2D eigenvalue weighted by Crippen LogP contribution is -2.52. The molecule has 0 aliphatic carbocycles. The lowest BCUT2D eigenvalue weighted by molar-refractivity contribution is -0.128. The second-order valence-electron chi connectivity index (χ2n) is 9.59. The van der Waals surface area contributed by atoms with Crippen LogP contribution in [0.25, 0.3) is 10.4 Å².